The van der Waals surface area contributed by atoms with Gasteiger partial charge in [-0.2, -0.15) is 0 Å². The zero-order chi connectivity index (χ0) is 23.7. The fourth-order valence-corrected chi connectivity index (χ4v) is 2.74. The first-order valence-electron chi connectivity index (χ1n) is 12.0. The molecular weight excluding hydrogens is 278 g/mol. The number of aliphatic hydroxyl groups excluding tert-OH is 1. The zero-order valence-electron chi connectivity index (χ0n) is 21.4. The lowest BCUT2D eigenvalue weighted by Gasteiger charge is -2.23. The van der Waals surface area contributed by atoms with E-state index in [-0.39, 0.29) is 18.3 Å². The first kappa shape index (κ1) is 8.55. The number of hydrogen-bond donors (Lipinski definition) is 3. The van der Waals surface area contributed by atoms with Crippen LogP contribution in [0.15, 0.2) is 18.2 Å². The second-order valence-electron chi connectivity index (χ2n) is 5.80. The fraction of sp³-hybridized carbons (Fsp3) is 0.667. The van der Waals surface area contributed by atoms with Crippen molar-refractivity contribution in [3.05, 3.63) is 23.8 Å². The second kappa shape index (κ2) is 7.34. The summed E-state index contributed by atoms with van der Waals surface area (Å²) in [6.07, 6.45) is 2.64. The van der Waals surface area contributed by atoms with E-state index in [1.54, 1.807) is 12.1 Å². The molecule has 0 heterocycles. The van der Waals surface area contributed by atoms with Crippen molar-refractivity contribution in [3.8, 4) is 11.5 Å². The third-order valence-electron chi connectivity index (χ3n) is 3.82. The van der Waals surface area contributed by atoms with Crippen molar-refractivity contribution in [2.75, 3.05) is 13.2 Å². The molecule has 3 N–H and O–H groups in total. The van der Waals surface area contributed by atoms with Gasteiger partial charge in [-0.1, -0.05) is 12.8 Å². The molecule has 1 fully saturated rings. The molecule has 1 aromatic rings. The highest BCUT2D eigenvalue weighted by Crippen LogP contribution is 2.40. The second-order valence-corrected chi connectivity index (χ2v) is 5.80. The van der Waals surface area contributed by atoms with Gasteiger partial charge in [-0.3, -0.25) is 0 Å². The van der Waals surface area contributed by atoms with E-state index in [1.807, 2.05) is 0 Å². The van der Waals surface area contributed by atoms with Gasteiger partial charge in [0.2, 0.25) is 0 Å². The maximum absolute atomic E-state index is 10.3. The highest BCUT2D eigenvalue weighted by atomic mass is 16.5. The van der Waals surface area contributed by atoms with E-state index in [9.17, 15) is 10.2 Å². The molecule has 0 unspecified atom stereocenters. The highest BCUT2D eigenvalue weighted by Gasteiger charge is 2.22. The molecule has 2 rings (SSSR count). The standard InChI is InChI=1S/C18H29NO3/c1-18(2,3)19-11-15(21)12-22-17-9-8-14(20)10-16(17)13-6-4-5-7-13/h8-10,13,15,19-21H,4-7,11-12H2,1-3H3/t15-/m0/s1/i1D3,2D3,3D3. The van der Waals surface area contributed by atoms with Crippen LogP contribution in [0.3, 0.4) is 0 Å². The molecule has 0 radical (unpaired) electrons. The summed E-state index contributed by atoms with van der Waals surface area (Å²) in [6.45, 7) is -11.1. The molecule has 0 amide bonds. The number of rotatable bonds is 6. The molecule has 124 valence electrons. The molecule has 1 aliphatic rings. The molecule has 0 aromatic heterocycles. The topological polar surface area (TPSA) is 61.7 Å². The lowest BCUT2D eigenvalue weighted by molar-refractivity contribution is 0.0993. The van der Waals surface area contributed by atoms with Crippen LogP contribution in [0.2, 0.25) is 0 Å². The Labute approximate surface area is 146 Å². The van der Waals surface area contributed by atoms with E-state index in [4.69, 9.17) is 17.1 Å². The van der Waals surface area contributed by atoms with Gasteiger partial charge in [0.25, 0.3) is 0 Å². The van der Waals surface area contributed by atoms with Crippen LogP contribution in [0, 0.1) is 0 Å². The predicted molar refractivity (Wildman–Crippen MR) is 88.6 cm³/mol. The van der Waals surface area contributed by atoms with E-state index < -0.39 is 38.7 Å². The largest absolute Gasteiger partial charge is 0.508 e. The number of ether oxygens (including phenoxy) is 1. The summed E-state index contributed by atoms with van der Waals surface area (Å²) in [5, 5.41) is 22.2. The van der Waals surface area contributed by atoms with Gasteiger partial charge in [0.15, 0.2) is 0 Å². The van der Waals surface area contributed by atoms with Crippen molar-refractivity contribution in [2.45, 2.75) is 63.8 Å². The molecule has 1 aromatic carbocycles. The summed E-state index contributed by atoms with van der Waals surface area (Å²) in [5.74, 6) is 0.762. The van der Waals surface area contributed by atoms with Crippen LogP contribution >= 0.6 is 0 Å². The number of phenolic OH excluding ortho intramolecular Hbond substituents is 1. The molecule has 1 atom stereocenters. The SMILES string of the molecule is [2H]C([2H])([2H])C(NC[C@H](O)COc1ccc(O)cc1C1CCCC1)(C([2H])([2H])[2H])C([2H])([2H])[2H]. The van der Waals surface area contributed by atoms with E-state index in [0.29, 0.717) is 5.75 Å². The fourth-order valence-electron chi connectivity index (χ4n) is 2.74. The van der Waals surface area contributed by atoms with Crippen molar-refractivity contribution >= 4 is 0 Å². The Bertz CT molecular complexity index is 704. The number of phenols is 1. The number of β-amino-alcohol motifs (C(OH)–C–C–N with tert-alkyl or cyclic N) is 1. The minimum atomic E-state index is -3.39. The average molecular weight is 316 g/mol. The predicted octanol–water partition coefficient (Wildman–Crippen LogP) is 3.18. The van der Waals surface area contributed by atoms with Crippen LogP contribution in [0.25, 0.3) is 0 Å². The third-order valence-corrected chi connectivity index (χ3v) is 3.82. The monoisotopic (exact) mass is 316 g/mol. The molecule has 0 aliphatic heterocycles. The molecule has 4 heteroatoms. The van der Waals surface area contributed by atoms with Gasteiger partial charge in [-0.25, -0.2) is 0 Å². The summed E-state index contributed by atoms with van der Waals surface area (Å²) >= 11 is 0. The van der Waals surface area contributed by atoms with Gasteiger partial charge in [0.05, 0.1) is 0 Å². The van der Waals surface area contributed by atoms with Gasteiger partial charge in [-0.15, -0.1) is 0 Å². The van der Waals surface area contributed by atoms with Crippen molar-refractivity contribution in [1.82, 2.24) is 5.32 Å². The van der Waals surface area contributed by atoms with Crippen LogP contribution in [0.5, 0.6) is 11.5 Å². The summed E-state index contributed by atoms with van der Waals surface area (Å²) in [6, 6.07) is 4.63. The highest BCUT2D eigenvalue weighted by molar-refractivity contribution is 5.42. The Kier molecular flexibility index (Phi) is 2.85. The molecule has 0 bridgehead atoms. The molecule has 0 spiro atoms. The zero-order valence-corrected chi connectivity index (χ0v) is 12.4. The Hall–Kier alpha value is -1.26. The molecule has 22 heavy (non-hydrogen) atoms. The first-order valence-corrected chi connectivity index (χ1v) is 7.49. The number of aliphatic hydroxyl groups is 1. The van der Waals surface area contributed by atoms with Crippen LogP contribution < -0.4 is 10.1 Å². The van der Waals surface area contributed by atoms with E-state index >= 15 is 0 Å². The van der Waals surface area contributed by atoms with Crippen LogP contribution in [0.4, 0.5) is 0 Å². The average Bonchev–Trinajstić information content (AvgIpc) is 3.11. The Morgan fingerprint density at radius 3 is 2.77 bits per heavy atom. The Morgan fingerprint density at radius 1 is 1.36 bits per heavy atom. The lowest BCUT2D eigenvalue weighted by Crippen LogP contribution is -2.42. The minimum absolute atomic E-state index is 0.0919. The normalized spacial score (nSPS) is 25.4. The van der Waals surface area contributed by atoms with Crippen LogP contribution in [-0.4, -0.2) is 35.0 Å². The smallest absolute Gasteiger partial charge is 0.123 e. The number of nitrogens with one attached hydrogen (secondary N) is 1. The molecule has 0 saturated heterocycles. The summed E-state index contributed by atoms with van der Waals surface area (Å²) in [7, 11) is 0. The molecular formula is C18H29NO3. The Morgan fingerprint density at radius 2 is 2.09 bits per heavy atom. The van der Waals surface area contributed by atoms with Crippen LogP contribution in [-0.2, 0) is 0 Å². The maximum atomic E-state index is 10.3. The van der Waals surface area contributed by atoms with Gasteiger partial charge < -0.3 is 20.3 Å². The third kappa shape index (κ3) is 5.18. The van der Waals surface area contributed by atoms with E-state index in [0.717, 1.165) is 31.2 Å². The van der Waals surface area contributed by atoms with E-state index in [1.165, 1.54) is 6.07 Å². The van der Waals surface area contributed by atoms with E-state index in [2.05, 4.69) is 5.32 Å². The lowest BCUT2D eigenvalue weighted by atomic mass is 9.96. The minimum Gasteiger partial charge on any atom is -0.508 e. The quantitative estimate of drug-likeness (QED) is 0.754. The number of hydrogen-bond acceptors (Lipinski definition) is 4. The summed E-state index contributed by atoms with van der Waals surface area (Å²) < 4.78 is 73.9. The van der Waals surface area contributed by atoms with Crippen molar-refractivity contribution in [2.24, 2.45) is 0 Å². The van der Waals surface area contributed by atoms with Gasteiger partial charge >= 0.3 is 0 Å². The molecule has 4 nitrogen and oxygen atoms in total. The first-order chi connectivity index (χ1) is 14.1. The van der Waals surface area contributed by atoms with Crippen molar-refractivity contribution < 1.29 is 27.3 Å². The van der Waals surface area contributed by atoms with Gasteiger partial charge in [0.1, 0.15) is 24.2 Å². The van der Waals surface area contributed by atoms with Gasteiger partial charge in [-0.05, 0) is 57.5 Å². The number of benzene rings is 1. The number of aromatic hydroxyl groups is 1. The maximum Gasteiger partial charge on any atom is 0.123 e. The van der Waals surface area contributed by atoms with Crippen molar-refractivity contribution in [3.63, 3.8) is 0 Å². The van der Waals surface area contributed by atoms with Crippen molar-refractivity contribution in [1.29, 1.82) is 0 Å². The summed E-state index contributed by atoms with van der Waals surface area (Å²) in [4.78, 5) is 0. The molecule has 1 aliphatic carbocycles. The van der Waals surface area contributed by atoms with Crippen LogP contribution in [0.1, 0.15) is 70.1 Å². The summed E-state index contributed by atoms with van der Waals surface area (Å²) in [5.41, 5.74) is -2.40. The Balaban J connectivity index is 2.13. The van der Waals surface area contributed by atoms with Gasteiger partial charge in [0, 0.05) is 30.0 Å². The molecule has 1 saturated carbocycles.